The minimum Gasteiger partial charge on any atom is -0.337 e. The van der Waals surface area contributed by atoms with Crippen molar-refractivity contribution in [2.45, 2.75) is 32.7 Å². The summed E-state index contributed by atoms with van der Waals surface area (Å²) in [7, 11) is 1.71. The lowest BCUT2D eigenvalue weighted by Gasteiger charge is -2.34. The average Bonchev–Trinajstić information content (AvgIpc) is 2.37. The van der Waals surface area contributed by atoms with Gasteiger partial charge in [0.15, 0.2) is 0 Å². The fraction of sp³-hybridized carbons (Fsp3) is 0.462. The van der Waals surface area contributed by atoms with Gasteiger partial charge in [0.25, 0.3) is 11.6 Å². The van der Waals surface area contributed by atoms with Crippen LogP contribution in [0.2, 0.25) is 0 Å². The molecule has 0 spiro atoms. The van der Waals surface area contributed by atoms with Gasteiger partial charge in [0.2, 0.25) is 0 Å². The zero-order valence-electron chi connectivity index (χ0n) is 11.4. The van der Waals surface area contributed by atoms with Gasteiger partial charge < -0.3 is 4.90 Å². The number of benzene rings is 1. The summed E-state index contributed by atoms with van der Waals surface area (Å²) in [5.74, 6) is -0.220. The Balaban J connectivity index is 3.14. The molecular formula is C13H17BrN2O3. The van der Waals surface area contributed by atoms with Crippen LogP contribution in [-0.4, -0.2) is 28.3 Å². The first kappa shape index (κ1) is 15.6. The van der Waals surface area contributed by atoms with Crippen molar-refractivity contribution < 1.29 is 9.72 Å². The molecule has 19 heavy (non-hydrogen) atoms. The molecule has 1 aromatic carbocycles. The molecule has 0 N–H and O–H groups in total. The first-order valence-electron chi connectivity index (χ1n) is 5.92. The van der Waals surface area contributed by atoms with Crippen LogP contribution in [-0.2, 0) is 0 Å². The lowest BCUT2D eigenvalue weighted by Crippen LogP contribution is -2.44. The standard InChI is InChI=1S/C13H17BrN2O3/c1-5-13(2,3)15(4)12(17)9-6-7-10(14)11(8-9)16(18)19/h6-8H,5H2,1-4H3. The van der Waals surface area contributed by atoms with Crippen LogP contribution in [0.3, 0.4) is 0 Å². The molecule has 0 heterocycles. The van der Waals surface area contributed by atoms with E-state index in [-0.39, 0.29) is 17.1 Å². The summed E-state index contributed by atoms with van der Waals surface area (Å²) in [6.45, 7) is 5.91. The summed E-state index contributed by atoms with van der Waals surface area (Å²) in [6.07, 6.45) is 0.799. The topological polar surface area (TPSA) is 63.5 Å². The van der Waals surface area contributed by atoms with Gasteiger partial charge in [-0.3, -0.25) is 14.9 Å². The lowest BCUT2D eigenvalue weighted by atomic mass is 9.99. The van der Waals surface area contributed by atoms with E-state index in [1.165, 1.54) is 12.1 Å². The highest BCUT2D eigenvalue weighted by Gasteiger charge is 2.27. The molecule has 0 atom stereocenters. The van der Waals surface area contributed by atoms with Crippen LogP contribution in [0.4, 0.5) is 5.69 Å². The molecule has 0 aliphatic rings. The highest BCUT2D eigenvalue weighted by Crippen LogP contribution is 2.27. The number of nitro benzene ring substituents is 1. The van der Waals surface area contributed by atoms with E-state index in [0.717, 1.165) is 6.42 Å². The minimum absolute atomic E-state index is 0.103. The second kappa shape index (κ2) is 5.69. The Bertz CT molecular complexity index is 515. The predicted octanol–water partition coefficient (Wildman–Crippen LogP) is 3.62. The highest BCUT2D eigenvalue weighted by molar-refractivity contribution is 9.10. The second-order valence-corrected chi connectivity index (χ2v) is 5.81. The van der Waals surface area contributed by atoms with Crippen LogP contribution in [0.25, 0.3) is 0 Å². The molecule has 0 radical (unpaired) electrons. The van der Waals surface area contributed by atoms with Gasteiger partial charge in [-0.25, -0.2) is 0 Å². The van der Waals surface area contributed by atoms with Crippen molar-refractivity contribution in [3.05, 3.63) is 38.3 Å². The number of amides is 1. The van der Waals surface area contributed by atoms with Crippen LogP contribution >= 0.6 is 15.9 Å². The number of carbonyl (C=O) groups is 1. The first-order valence-corrected chi connectivity index (χ1v) is 6.72. The maximum absolute atomic E-state index is 12.3. The Morgan fingerprint density at radius 2 is 2.05 bits per heavy atom. The third-order valence-corrected chi connectivity index (χ3v) is 4.14. The van der Waals surface area contributed by atoms with Crippen LogP contribution in [0, 0.1) is 10.1 Å². The summed E-state index contributed by atoms with van der Waals surface area (Å²) in [6, 6.07) is 4.41. The number of halogens is 1. The van der Waals surface area contributed by atoms with E-state index in [2.05, 4.69) is 15.9 Å². The third kappa shape index (κ3) is 3.32. The summed E-state index contributed by atoms with van der Waals surface area (Å²) in [5, 5.41) is 10.9. The molecule has 104 valence electrons. The molecule has 0 saturated heterocycles. The Hall–Kier alpha value is -1.43. The minimum atomic E-state index is -0.508. The largest absolute Gasteiger partial charge is 0.337 e. The van der Waals surface area contributed by atoms with Gasteiger partial charge in [0, 0.05) is 24.2 Å². The number of carbonyl (C=O) groups excluding carboxylic acids is 1. The predicted molar refractivity (Wildman–Crippen MR) is 77.3 cm³/mol. The molecule has 0 unspecified atom stereocenters. The van der Waals surface area contributed by atoms with E-state index in [1.54, 1.807) is 18.0 Å². The molecule has 6 heteroatoms. The smallest absolute Gasteiger partial charge is 0.284 e. The van der Waals surface area contributed by atoms with Crippen LogP contribution in [0.15, 0.2) is 22.7 Å². The van der Waals surface area contributed by atoms with Gasteiger partial charge in [0.05, 0.1) is 9.40 Å². The van der Waals surface area contributed by atoms with Crippen molar-refractivity contribution in [3.63, 3.8) is 0 Å². The Morgan fingerprint density at radius 1 is 1.47 bits per heavy atom. The van der Waals surface area contributed by atoms with Gasteiger partial charge in [-0.2, -0.15) is 0 Å². The molecule has 0 aliphatic carbocycles. The molecule has 0 bridgehead atoms. The molecule has 1 rings (SSSR count). The van der Waals surface area contributed by atoms with Crippen LogP contribution in [0.1, 0.15) is 37.6 Å². The molecule has 5 nitrogen and oxygen atoms in total. The van der Waals surface area contributed by atoms with Gasteiger partial charge in [-0.1, -0.05) is 6.92 Å². The quantitative estimate of drug-likeness (QED) is 0.626. The summed E-state index contributed by atoms with van der Waals surface area (Å²) in [5.41, 5.74) is -0.0775. The van der Waals surface area contributed by atoms with Gasteiger partial charge in [0.1, 0.15) is 0 Å². The van der Waals surface area contributed by atoms with Crippen molar-refractivity contribution in [1.29, 1.82) is 0 Å². The third-order valence-electron chi connectivity index (χ3n) is 3.47. The Morgan fingerprint density at radius 3 is 2.53 bits per heavy atom. The molecular weight excluding hydrogens is 312 g/mol. The van der Waals surface area contributed by atoms with Crippen molar-refractivity contribution in [2.24, 2.45) is 0 Å². The summed E-state index contributed by atoms with van der Waals surface area (Å²) >= 11 is 3.10. The zero-order valence-corrected chi connectivity index (χ0v) is 13.0. The van der Waals surface area contributed by atoms with E-state index >= 15 is 0 Å². The van der Waals surface area contributed by atoms with E-state index in [1.807, 2.05) is 20.8 Å². The van der Waals surface area contributed by atoms with Gasteiger partial charge in [-0.15, -0.1) is 0 Å². The maximum atomic E-state index is 12.3. The number of hydrogen-bond donors (Lipinski definition) is 0. The molecule has 0 aliphatic heterocycles. The van der Waals surface area contributed by atoms with Crippen molar-refractivity contribution in [1.82, 2.24) is 4.90 Å². The number of nitro groups is 1. The number of rotatable bonds is 4. The van der Waals surface area contributed by atoms with Gasteiger partial charge in [-0.05, 0) is 48.3 Å². The van der Waals surface area contributed by atoms with Crippen molar-refractivity contribution in [2.75, 3.05) is 7.05 Å². The fourth-order valence-electron chi connectivity index (χ4n) is 1.49. The fourth-order valence-corrected chi connectivity index (χ4v) is 1.88. The summed E-state index contributed by atoms with van der Waals surface area (Å²) in [4.78, 5) is 24.3. The average molecular weight is 329 g/mol. The number of hydrogen-bond acceptors (Lipinski definition) is 3. The van der Waals surface area contributed by atoms with E-state index < -0.39 is 4.92 Å². The monoisotopic (exact) mass is 328 g/mol. The first-order chi connectivity index (χ1) is 8.70. The van der Waals surface area contributed by atoms with Crippen LogP contribution in [0.5, 0.6) is 0 Å². The summed E-state index contributed by atoms with van der Waals surface area (Å²) < 4.78 is 0.367. The molecule has 0 saturated carbocycles. The molecule has 1 amide bonds. The van der Waals surface area contributed by atoms with E-state index in [0.29, 0.717) is 10.0 Å². The highest BCUT2D eigenvalue weighted by atomic mass is 79.9. The zero-order chi connectivity index (χ0) is 14.8. The van der Waals surface area contributed by atoms with Crippen LogP contribution < -0.4 is 0 Å². The molecule has 0 fully saturated rings. The van der Waals surface area contributed by atoms with Crippen molar-refractivity contribution in [3.8, 4) is 0 Å². The normalized spacial score (nSPS) is 11.2. The number of nitrogens with zero attached hydrogens (tertiary/aromatic N) is 2. The second-order valence-electron chi connectivity index (χ2n) is 4.95. The Labute approximate surface area is 120 Å². The SMILES string of the molecule is CCC(C)(C)N(C)C(=O)c1ccc(Br)c([N+](=O)[O-])c1. The van der Waals surface area contributed by atoms with E-state index in [9.17, 15) is 14.9 Å². The molecule has 1 aromatic rings. The van der Waals surface area contributed by atoms with E-state index in [4.69, 9.17) is 0 Å². The Kier molecular flexibility index (Phi) is 4.68. The van der Waals surface area contributed by atoms with Gasteiger partial charge >= 0.3 is 0 Å². The maximum Gasteiger partial charge on any atom is 0.284 e. The van der Waals surface area contributed by atoms with Crippen molar-refractivity contribution >= 4 is 27.5 Å². The molecule has 0 aromatic heterocycles. The lowest BCUT2D eigenvalue weighted by molar-refractivity contribution is -0.385.